The van der Waals surface area contributed by atoms with Gasteiger partial charge in [-0.1, -0.05) is 64.7 Å². The summed E-state index contributed by atoms with van der Waals surface area (Å²) in [5.74, 6) is -0.276. The molecule has 7 nitrogen and oxygen atoms in total. The van der Waals surface area contributed by atoms with E-state index in [4.69, 9.17) is 9.47 Å². The third-order valence-electron chi connectivity index (χ3n) is 6.76. The summed E-state index contributed by atoms with van der Waals surface area (Å²) in [7, 11) is 0. The topological polar surface area (TPSA) is 76.2 Å². The second-order valence-electron chi connectivity index (χ2n) is 9.45. The van der Waals surface area contributed by atoms with Crippen molar-refractivity contribution in [1.29, 1.82) is 0 Å². The summed E-state index contributed by atoms with van der Waals surface area (Å²) in [6.45, 7) is 5.95. The van der Waals surface area contributed by atoms with Crippen LogP contribution in [0.3, 0.4) is 0 Å². The molecule has 0 aliphatic carbocycles. The molecule has 2 rings (SSSR count). The number of unbranched alkanes of at least 4 members (excludes halogenated alkanes) is 10. The van der Waals surface area contributed by atoms with E-state index in [1.807, 2.05) is 0 Å². The van der Waals surface area contributed by atoms with Gasteiger partial charge in [-0.05, 0) is 25.7 Å². The number of hydrogen-bond donors (Lipinski definition) is 0. The van der Waals surface area contributed by atoms with E-state index < -0.39 is 0 Å². The lowest BCUT2D eigenvalue weighted by Crippen LogP contribution is -2.48. The summed E-state index contributed by atoms with van der Waals surface area (Å²) < 4.78 is 11.1. The van der Waals surface area contributed by atoms with Gasteiger partial charge in [0.05, 0.1) is 19.8 Å². The maximum atomic E-state index is 12.8. The number of amides is 2. The summed E-state index contributed by atoms with van der Waals surface area (Å²) in [6, 6.07) is -0.262. The highest BCUT2D eigenvalue weighted by Crippen LogP contribution is 2.17. The fraction of sp³-hybridized carbons (Fsp3) is 0.885. The number of esters is 1. The molecule has 2 aliphatic heterocycles. The van der Waals surface area contributed by atoms with Gasteiger partial charge < -0.3 is 9.47 Å². The molecular weight excluding hydrogens is 420 g/mol. The first-order valence-electron chi connectivity index (χ1n) is 13.4. The third-order valence-corrected chi connectivity index (χ3v) is 6.76. The predicted molar refractivity (Wildman–Crippen MR) is 129 cm³/mol. The Hall–Kier alpha value is -1.47. The molecule has 1 atom stereocenters. The van der Waals surface area contributed by atoms with Crippen molar-refractivity contribution in [1.82, 2.24) is 9.80 Å². The standard InChI is InChI=1S/C26H46N2O5/c1-2-3-4-5-6-7-8-9-10-13-20-33-26(31)23(27-18-21-32-22-19-27)14-11-12-17-28-24(29)15-16-25(28)30/h23H,2-22H2,1H3. The molecule has 190 valence electrons. The fourth-order valence-corrected chi connectivity index (χ4v) is 4.68. The van der Waals surface area contributed by atoms with Crippen LogP contribution in [0.4, 0.5) is 0 Å². The Morgan fingerprint density at radius 2 is 1.42 bits per heavy atom. The van der Waals surface area contributed by atoms with Crippen LogP contribution in [-0.2, 0) is 23.9 Å². The number of imide groups is 1. The minimum atomic E-state index is -0.262. The molecule has 2 heterocycles. The van der Waals surface area contributed by atoms with E-state index in [2.05, 4.69) is 11.8 Å². The van der Waals surface area contributed by atoms with Crippen LogP contribution in [0.5, 0.6) is 0 Å². The van der Waals surface area contributed by atoms with Crippen LogP contribution in [0.1, 0.15) is 103 Å². The Kier molecular flexibility index (Phi) is 14.3. The van der Waals surface area contributed by atoms with Gasteiger partial charge in [0.1, 0.15) is 6.04 Å². The second kappa shape index (κ2) is 17.0. The van der Waals surface area contributed by atoms with Crippen LogP contribution >= 0.6 is 0 Å². The fourth-order valence-electron chi connectivity index (χ4n) is 4.68. The van der Waals surface area contributed by atoms with E-state index >= 15 is 0 Å². The predicted octanol–water partition coefficient (Wildman–Crippen LogP) is 4.47. The Morgan fingerprint density at radius 1 is 0.848 bits per heavy atom. The SMILES string of the molecule is CCCCCCCCCCCCOC(=O)C(CCCCN1C(=O)CCC1=O)N1CCOCC1. The van der Waals surface area contributed by atoms with Crippen LogP contribution in [0.2, 0.25) is 0 Å². The van der Waals surface area contributed by atoms with Crippen LogP contribution in [0.25, 0.3) is 0 Å². The molecule has 2 amide bonds. The number of nitrogens with zero attached hydrogens (tertiary/aromatic N) is 2. The molecule has 0 bridgehead atoms. The zero-order chi connectivity index (χ0) is 23.7. The molecule has 0 spiro atoms. The highest BCUT2D eigenvalue weighted by molar-refractivity contribution is 6.01. The molecule has 0 aromatic carbocycles. The molecule has 1 unspecified atom stereocenters. The number of likely N-dealkylation sites (tertiary alicyclic amines) is 1. The first-order valence-corrected chi connectivity index (χ1v) is 13.4. The van der Waals surface area contributed by atoms with E-state index in [1.54, 1.807) is 0 Å². The van der Waals surface area contributed by atoms with Crippen LogP contribution < -0.4 is 0 Å². The van der Waals surface area contributed by atoms with Crippen molar-refractivity contribution < 1.29 is 23.9 Å². The Labute approximate surface area is 200 Å². The van der Waals surface area contributed by atoms with E-state index in [0.29, 0.717) is 45.6 Å². The van der Waals surface area contributed by atoms with Gasteiger partial charge in [-0.3, -0.25) is 24.2 Å². The molecule has 2 saturated heterocycles. The van der Waals surface area contributed by atoms with Crippen molar-refractivity contribution in [3.8, 4) is 0 Å². The van der Waals surface area contributed by atoms with Gasteiger partial charge >= 0.3 is 5.97 Å². The molecule has 2 aliphatic rings. The monoisotopic (exact) mass is 466 g/mol. The van der Waals surface area contributed by atoms with E-state index in [9.17, 15) is 14.4 Å². The molecule has 0 radical (unpaired) electrons. The maximum Gasteiger partial charge on any atom is 0.323 e. The smallest absolute Gasteiger partial charge is 0.323 e. The Morgan fingerprint density at radius 3 is 2.03 bits per heavy atom. The van der Waals surface area contributed by atoms with Crippen LogP contribution in [-0.4, -0.2) is 73.1 Å². The largest absolute Gasteiger partial charge is 0.465 e. The molecule has 33 heavy (non-hydrogen) atoms. The molecule has 2 fully saturated rings. The molecule has 0 saturated carbocycles. The van der Waals surface area contributed by atoms with Crippen molar-refractivity contribution in [3.05, 3.63) is 0 Å². The van der Waals surface area contributed by atoms with Crippen molar-refractivity contribution in [2.45, 2.75) is 109 Å². The Balaban J connectivity index is 1.61. The number of ether oxygens (including phenoxy) is 2. The summed E-state index contributed by atoms with van der Waals surface area (Å²) in [5.41, 5.74) is 0. The van der Waals surface area contributed by atoms with Gasteiger partial charge in [0.25, 0.3) is 0 Å². The summed E-state index contributed by atoms with van der Waals surface area (Å²) >= 11 is 0. The average Bonchev–Trinajstić information content (AvgIpc) is 3.15. The van der Waals surface area contributed by atoms with Crippen LogP contribution in [0.15, 0.2) is 0 Å². The zero-order valence-corrected chi connectivity index (χ0v) is 20.9. The minimum Gasteiger partial charge on any atom is -0.465 e. The number of hydrogen-bond acceptors (Lipinski definition) is 6. The Bertz CT molecular complexity index is 561. The lowest BCUT2D eigenvalue weighted by molar-refractivity contribution is -0.152. The highest BCUT2D eigenvalue weighted by Gasteiger charge is 2.30. The zero-order valence-electron chi connectivity index (χ0n) is 20.9. The van der Waals surface area contributed by atoms with Gasteiger partial charge in [-0.25, -0.2) is 0 Å². The van der Waals surface area contributed by atoms with Crippen molar-refractivity contribution in [2.24, 2.45) is 0 Å². The van der Waals surface area contributed by atoms with E-state index in [0.717, 1.165) is 38.8 Å². The van der Waals surface area contributed by atoms with Gasteiger partial charge in [-0.2, -0.15) is 0 Å². The minimum absolute atomic E-state index is 0.0689. The molecular formula is C26H46N2O5. The lowest BCUT2D eigenvalue weighted by atomic mass is 10.1. The van der Waals surface area contributed by atoms with Gasteiger partial charge in [0, 0.05) is 32.5 Å². The van der Waals surface area contributed by atoms with Crippen molar-refractivity contribution in [2.75, 3.05) is 39.5 Å². The molecule has 0 aromatic heterocycles. The second-order valence-corrected chi connectivity index (χ2v) is 9.45. The van der Waals surface area contributed by atoms with Gasteiger partial charge in [0.15, 0.2) is 0 Å². The summed E-state index contributed by atoms with van der Waals surface area (Å²) in [4.78, 5) is 39.9. The van der Waals surface area contributed by atoms with E-state index in [-0.39, 0.29) is 23.8 Å². The molecule has 0 aromatic rings. The normalized spacial score (nSPS) is 18.2. The molecule has 7 heteroatoms. The van der Waals surface area contributed by atoms with Crippen molar-refractivity contribution >= 4 is 17.8 Å². The van der Waals surface area contributed by atoms with E-state index in [1.165, 1.54) is 56.3 Å². The number of rotatable bonds is 18. The average molecular weight is 467 g/mol. The number of carbonyl (C=O) groups is 3. The first-order chi connectivity index (χ1) is 16.1. The third kappa shape index (κ3) is 11.0. The quantitative estimate of drug-likeness (QED) is 0.169. The van der Waals surface area contributed by atoms with Crippen molar-refractivity contribution in [3.63, 3.8) is 0 Å². The first kappa shape index (κ1) is 27.8. The van der Waals surface area contributed by atoms with Gasteiger partial charge in [0.2, 0.25) is 11.8 Å². The molecule has 0 N–H and O–H groups in total. The highest BCUT2D eigenvalue weighted by atomic mass is 16.5. The van der Waals surface area contributed by atoms with Gasteiger partial charge in [-0.15, -0.1) is 0 Å². The lowest BCUT2D eigenvalue weighted by Gasteiger charge is -2.33. The number of morpholine rings is 1. The number of carbonyl (C=O) groups excluding carboxylic acids is 3. The van der Waals surface area contributed by atoms with Crippen LogP contribution in [0, 0.1) is 0 Å². The summed E-state index contributed by atoms with van der Waals surface area (Å²) in [5, 5.41) is 0. The maximum absolute atomic E-state index is 12.8. The summed E-state index contributed by atoms with van der Waals surface area (Å²) in [6.07, 6.45) is 15.4.